The summed E-state index contributed by atoms with van der Waals surface area (Å²) in [6, 6.07) is 8.86. The van der Waals surface area contributed by atoms with Crippen molar-refractivity contribution in [1.82, 2.24) is 4.98 Å². The molecule has 0 aliphatic carbocycles. The Hall–Kier alpha value is -3.52. The molecule has 2 amide bonds. The molecule has 0 radical (unpaired) electrons. The third kappa shape index (κ3) is 3.91. The molecule has 1 aromatic heterocycles. The molecule has 9 heteroatoms. The number of hydrogen-bond donors (Lipinski definition) is 2. The lowest BCUT2D eigenvalue weighted by Gasteiger charge is -2.13. The summed E-state index contributed by atoms with van der Waals surface area (Å²) >= 11 is 6.14. The second-order valence-corrected chi connectivity index (χ2v) is 6.01. The zero-order chi connectivity index (χ0) is 20.3. The fourth-order valence-corrected chi connectivity index (χ4v) is 2.81. The third-order valence-electron chi connectivity index (χ3n) is 3.85. The van der Waals surface area contributed by atoms with Gasteiger partial charge in [0, 0.05) is 23.7 Å². The van der Waals surface area contributed by atoms with E-state index in [-0.39, 0.29) is 10.6 Å². The number of nitrogens with two attached hydrogens (primary N) is 1. The predicted octanol–water partition coefficient (Wildman–Crippen LogP) is 3.97. The van der Waals surface area contributed by atoms with Crippen LogP contribution in [0.4, 0.5) is 10.5 Å². The van der Waals surface area contributed by atoms with Gasteiger partial charge in [-0.1, -0.05) is 11.6 Å². The van der Waals surface area contributed by atoms with E-state index in [9.17, 15) is 9.59 Å². The van der Waals surface area contributed by atoms with Crippen LogP contribution in [-0.2, 0) is 4.74 Å². The fraction of sp³-hybridized carbons (Fsp3) is 0.105. The molecule has 2 aromatic carbocycles. The van der Waals surface area contributed by atoms with E-state index >= 15 is 0 Å². The minimum atomic E-state index is -0.722. The summed E-state index contributed by atoms with van der Waals surface area (Å²) in [7, 11) is 2.74. The van der Waals surface area contributed by atoms with Crippen LogP contribution in [-0.4, -0.2) is 31.2 Å². The predicted molar refractivity (Wildman–Crippen MR) is 104 cm³/mol. The molecule has 3 N–H and O–H groups in total. The van der Waals surface area contributed by atoms with E-state index in [1.54, 1.807) is 36.5 Å². The summed E-state index contributed by atoms with van der Waals surface area (Å²) in [5, 5.41) is 3.25. The van der Waals surface area contributed by atoms with Crippen molar-refractivity contribution >= 4 is 40.2 Å². The number of ether oxygens (including phenoxy) is 3. The summed E-state index contributed by atoms with van der Waals surface area (Å²) in [5.41, 5.74) is 6.27. The number of rotatable bonds is 5. The Morgan fingerprint density at radius 2 is 1.89 bits per heavy atom. The molecular weight excluding hydrogens is 386 g/mol. The number of halogens is 1. The Kier molecular flexibility index (Phi) is 5.51. The van der Waals surface area contributed by atoms with Crippen LogP contribution in [0.15, 0.2) is 42.6 Å². The first-order chi connectivity index (χ1) is 13.4. The van der Waals surface area contributed by atoms with Crippen molar-refractivity contribution in [2.75, 3.05) is 19.5 Å². The fourth-order valence-electron chi connectivity index (χ4n) is 2.60. The van der Waals surface area contributed by atoms with Gasteiger partial charge in [-0.25, -0.2) is 9.59 Å². The first kappa shape index (κ1) is 19.2. The molecule has 3 aromatic rings. The molecule has 0 atom stereocenters. The highest BCUT2D eigenvalue weighted by atomic mass is 35.5. The number of aromatic nitrogens is 1. The average Bonchev–Trinajstić information content (AvgIpc) is 2.68. The Bertz CT molecular complexity index is 1070. The molecule has 0 bridgehead atoms. The molecule has 0 saturated carbocycles. The maximum atomic E-state index is 12.1. The molecule has 8 nitrogen and oxygen atoms in total. The van der Waals surface area contributed by atoms with E-state index in [2.05, 4.69) is 10.3 Å². The first-order valence-electron chi connectivity index (χ1n) is 8.02. The Balaban J connectivity index is 2.02. The van der Waals surface area contributed by atoms with E-state index in [4.69, 9.17) is 31.5 Å². The maximum Gasteiger partial charge on any atom is 0.341 e. The van der Waals surface area contributed by atoms with Crippen LogP contribution in [0.3, 0.4) is 0 Å². The number of carbonyl (C=O) groups is 2. The highest BCUT2D eigenvalue weighted by Crippen LogP contribution is 2.35. The number of pyridine rings is 1. The lowest BCUT2D eigenvalue weighted by atomic mass is 10.1. The van der Waals surface area contributed by atoms with Crippen molar-refractivity contribution in [3.63, 3.8) is 0 Å². The number of carbonyl (C=O) groups excluding carboxylic acids is 2. The van der Waals surface area contributed by atoms with Gasteiger partial charge in [0.1, 0.15) is 22.8 Å². The minimum absolute atomic E-state index is 0.245. The summed E-state index contributed by atoms with van der Waals surface area (Å²) in [6.07, 6.45) is 1.57. The molecule has 0 aliphatic rings. The highest BCUT2D eigenvalue weighted by molar-refractivity contribution is 6.33. The molecule has 1 heterocycles. The third-order valence-corrected chi connectivity index (χ3v) is 4.17. The van der Waals surface area contributed by atoms with Crippen LogP contribution >= 0.6 is 11.6 Å². The Morgan fingerprint density at radius 3 is 2.54 bits per heavy atom. The monoisotopic (exact) mass is 401 g/mol. The number of urea groups is 1. The quantitative estimate of drug-likeness (QED) is 0.625. The van der Waals surface area contributed by atoms with Crippen LogP contribution in [0.5, 0.6) is 17.2 Å². The lowest BCUT2D eigenvalue weighted by molar-refractivity contribution is 0.0597. The van der Waals surface area contributed by atoms with Crippen molar-refractivity contribution in [3.8, 4) is 17.2 Å². The molecule has 0 fully saturated rings. The maximum absolute atomic E-state index is 12.1. The van der Waals surface area contributed by atoms with Gasteiger partial charge in [-0.05, 0) is 24.3 Å². The number of benzene rings is 2. The van der Waals surface area contributed by atoms with Crippen LogP contribution in [0.25, 0.3) is 10.9 Å². The van der Waals surface area contributed by atoms with E-state index in [1.807, 2.05) is 0 Å². The SMILES string of the molecule is COC(=O)c1cc2c(Oc3ccc(NC(N)=O)c(Cl)c3)ccnc2cc1OC. The van der Waals surface area contributed by atoms with Crippen LogP contribution < -0.4 is 20.5 Å². The molecule has 0 spiro atoms. The van der Waals surface area contributed by atoms with E-state index in [0.717, 1.165) is 0 Å². The normalized spacial score (nSPS) is 10.4. The molecule has 0 aliphatic heterocycles. The summed E-state index contributed by atoms with van der Waals surface area (Å²) in [6.45, 7) is 0. The summed E-state index contributed by atoms with van der Waals surface area (Å²) in [4.78, 5) is 27.3. The minimum Gasteiger partial charge on any atom is -0.496 e. The van der Waals surface area contributed by atoms with Gasteiger partial charge < -0.3 is 25.3 Å². The highest BCUT2D eigenvalue weighted by Gasteiger charge is 2.17. The van der Waals surface area contributed by atoms with Crippen molar-refractivity contribution in [2.45, 2.75) is 0 Å². The van der Waals surface area contributed by atoms with Gasteiger partial charge in [0.15, 0.2) is 0 Å². The largest absolute Gasteiger partial charge is 0.496 e. The topological polar surface area (TPSA) is 113 Å². The molecule has 0 saturated heterocycles. The van der Waals surface area contributed by atoms with Gasteiger partial charge in [0.25, 0.3) is 0 Å². The standard InChI is InChI=1S/C19H16ClN3O5/c1-26-17-9-15-11(8-12(17)18(24)27-2)16(5-6-22-15)28-10-3-4-14(13(20)7-10)23-19(21)25/h3-9H,1-2H3,(H3,21,23,25). The number of methoxy groups -OCH3 is 2. The molecule has 144 valence electrons. The van der Waals surface area contributed by atoms with E-state index < -0.39 is 12.0 Å². The number of hydrogen-bond acceptors (Lipinski definition) is 6. The van der Waals surface area contributed by atoms with E-state index in [0.29, 0.717) is 33.8 Å². The number of nitrogens with zero attached hydrogens (tertiary/aromatic N) is 1. The average molecular weight is 402 g/mol. The first-order valence-corrected chi connectivity index (χ1v) is 8.39. The number of nitrogens with one attached hydrogen (secondary N) is 1. The second kappa shape index (κ2) is 8.01. The van der Waals surface area contributed by atoms with Crippen molar-refractivity contribution in [3.05, 3.63) is 53.2 Å². The number of anilines is 1. The zero-order valence-electron chi connectivity index (χ0n) is 15.0. The van der Waals surface area contributed by atoms with Gasteiger partial charge in [0.05, 0.1) is 30.4 Å². The van der Waals surface area contributed by atoms with Crippen molar-refractivity contribution < 1.29 is 23.8 Å². The number of esters is 1. The number of fused-ring (bicyclic) bond motifs is 1. The van der Waals surface area contributed by atoms with Crippen molar-refractivity contribution in [1.29, 1.82) is 0 Å². The lowest BCUT2D eigenvalue weighted by Crippen LogP contribution is -2.19. The Labute approximate surface area is 165 Å². The Morgan fingerprint density at radius 1 is 1.11 bits per heavy atom. The number of primary amides is 1. The van der Waals surface area contributed by atoms with Gasteiger partial charge in [-0.2, -0.15) is 0 Å². The van der Waals surface area contributed by atoms with Gasteiger partial charge in [-0.3, -0.25) is 4.98 Å². The van der Waals surface area contributed by atoms with E-state index in [1.165, 1.54) is 20.3 Å². The van der Waals surface area contributed by atoms with Gasteiger partial charge >= 0.3 is 12.0 Å². The van der Waals surface area contributed by atoms with Crippen LogP contribution in [0.2, 0.25) is 5.02 Å². The van der Waals surface area contributed by atoms with Crippen molar-refractivity contribution in [2.24, 2.45) is 5.73 Å². The van der Waals surface area contributed by atoms with Crippen LogP contribution in [0, 0.1) is 0 Å². The smallest absolute Gasteiger partial charge is 0.341 e. The molecule has 28 heavy (non-hydrogen) atoms. The van der Waals surface area contributed by atoms with Gasteiger partial charge in [-0.15, -0.1) is 0 Å². The second-order valence-electron chi connectivity index (χ2n) is 5.60. The van der Waals surface area contributed by atoms with Crippen LogP contribution in [0.1, 0.15) is 10.4 Å². The molecular formula is C19H16ClN3O5. The zero-order valence-corrected chi connectivity index (χ0v) is 15.7. The number of amides is 2. The molecule has 3 rings (SSSR count). The summed E-state index contributed by atoms with van der Waals surface area (Å²) in [5.74, 6) is 0.667. The summed E-state index contributed by atoms with van der Waals surface area (Å²) < 4.78 is 16.0. The van der Waals surface area contributed by atoms with Gasteiger partial charge in [0.2, 0.25) is 0 Å². The molecule has 0 unspecified atom stereocenters.